The molecule has 2 heterocycles. The number of anilines is 1. The van der Waals surface area contributed by atoms with E-state index in [1.807, 2.05) is 18.2 Å². The Kier molecular flexibility index (Phi) is 5.10. The molecule has 0 amide bonds. The molecule has 2 N–H and O–H groups in total. The Bertz CT molecular complexity index is 1240. The van der Waals surface area contributed by atoms with Gasteiger partial charge in [0.1, 0.15) is 17.4 Å². The van der Waals surface area contributed by atoms with E-state index in [2.05, 4.69) is 63.7 Å². The molecular formula is C27H26N4OS. The summed E-state index contributed by atoms with van der Waals surface area (Å²) in [7, 11) is 0. The Hall–Kier alpha value is -3.25. The van der Waals surface area contributed by atoms with Crippen molar-refractivity contribution < 1.29 is 4.74 Å². The zero-order chi connectivity index (χ0) is 22.3. The standard InChI is InChI=1S/C27H26N4OS/c28-26-31-30-25(33-26)19-5-8-20(9-6-19)27(16-18-4-7-22(27)15-18)21-10-12-24(13-11-21)32-17-23-3-1-2-14-29-23/h1-3,5-6,8-14,18,22H,4,7,15-17H2,(H2,28,31)/t18?,22-,27+/m1/s1. The Morgan fingerprint density at radius 2 is 1.73 bits per heavy atom. The summed E-state index contributed by atoms with van der Waals surface area (Å²) in [4.78, 5) is 4.34. The first kappa shape index (κ1) is 20.4. The van der Waals surface area contributed by atoms with Crippen molar-refractivity contribution in [3.8, 4) is 16.3 Å². The molecule has 0 aliphatic heterocycles. The molecule has 33 heavy (non-hydrogen) atoms. The highest BCUT2D eigenvalue weighted by atomic mass is 32.1. The van der Waals surface area contributed by atoms with Crippen LogP contribution >= 0.6 is 11.3 Å². The highest BCUT2D eigenvalue weighted by Crippen LogP contribution is 2.60. The molecule has 1 unspecified atom stereocenters. The number of benzene rings is 2. The lowest BCUT2D eigenvalue weighted by molar-refractivity contribution is 0.299. The van der Waals surface area contributed by atoms with Crippen LogP contribution in [0.1, 0.15) is 42.5 Å². The smallest absolute Gasteiger partial charge is 0.203 e. The molecule has 2 bridgehead atoms. The van der Waals surface area contributed by atoms with Crippen molar-refractivity contribution in [2.45, 2.75) is 37.7 Å². The SMILES string of the molecule is Nc1nnc(-c2ccc([C@]3(c4ccc(OCc5ccccn5)cc4)CC4CC[C@@H]3C4)cc2)s1. The summed E-state index contributed by atoms with van der Waals surface area (Å²) in [5.41, 5.74) is 10.7. The van der Waals surface area contributed by atoms with E-state index in [0.717, 1.165) is 27.9 Å². The van der Waals surface area contributed by atoms with Crippen molar-refractivity contribution in [3.05, 3.63) is 89.7 Å². The first-order valence-corrected chi connectivity index (χ1v) is 12.4. The van der Waals surface area contributed by atoms with Crippen LogP contribution in [0.4, 0.5) is 5.13 Å². The number of fused-ring (bicyclic) bond motifs is 2. The summed E-state index contributed by atoms with van der Waals surface area (Å²) in [6.07, 6.45) is 7.01. The van der Waals surface area contributed by atoms with Gasteiger partial charge in [0.15, 0.2) is 0 Å². The van der Waals surface area contributed by atoms with Gasteiger partial charge in [0.25, 0.3) is 0 Å². The van der Waals surface area contributed by atoms with Gasteiger partial charge in [0.2, 0.25) is 5.13 Å². The minimum Gasteiger partial charge on any atom is -0.487 e. The molecule has 5 nitrogen and oxygen atoms in total. The normalized spacial score (nSPS) is 23.6. The fourth-order valence-corrected chi connectivity index (χ4v) is 6.57. The highest BCUT2D eigenvalue weighted by molar-refractivity contribution is 7.18. The monoisotopic (exact) mass is 454 g/mol. The van der Waals surface area contributed by atoms with Crippen LogP contribution in [0, 0.1) is 11.8 Å². The molecular weight excluding hydrogens is 428 g/mol. The van der Waals surface area contributed by atoms with Gasteiger partial charge in [-0.3, -0.25) is 4.98 Å². The van der Waals surface area contributed by atoms with Crippen molar-refractivity contribution in [3.63, 3.8) is 0 Å². The van der Waals surface area contributed by atoms with Crippen LogP contribution in [0.5, 0.6) is 5.75 Å². The van der Waals surface area contributed by atoms with E-state index in [1.165, 1.54) is 48.1 Å². The van der Waals surface area contributed by atoms with Gasteiger partial charge in [-0.05, 0) is 66.5 Å². The summed E-state index contributed by atoms with van der Waals surface area (Å²) in [5, 5.41) is 9.53. The third kappa shape index (κ3) is 3.68. The van der Waals surface area contributed by atoms with Gasteiger partial charge < -0.3 is 10.5 Å². The molecule has 0 saturated heterocycles. The van der Waals surface area contributed by atoms with Gasteiger partial charge in [0, 0.05) is 17.2 Å². The van der Waals surface area contributed by atoms with Crippen molar-refractivity contribution in [2.75, 3.05) is 5.73 Å². The van der Waals surface area contributed by atoms with Crippen LogP contribution in [0.25, 0.3) is 10.6 Å². The van der Waals surface area contributed by atoms with Gasteiger partial charge in [-0.1, -0.05) is 60.2 Å². The number of ether oxygens (including phenoxy) is 1. The number of hydrogen-bond acceptors (Lipinski definition) is 6. The van der Waals surface area contributed by atoms with Crippen LogP contribution in [-0.2, 0) is 12.0 Å². The topological polar surface area (TPSA) is 73.9 Å². The molecule has 6 heteroatoms. The largest absolute Gasteiger partial charge is 0.487 e. The third-order valence-electron chi connectivity index (χ3n) is 7.42. The molecule has 3 atom stereocenters. The van der Waals surface area contributed by atoms with Gasteiger partial charge in [-0.25, -0.2) is 0 Å². The second-order valence-electron chi connectivity index (χ2n) is 9.21. The first-order valence-electron chi connectivity index (χ1n) is 11.5. The van der Waals surface area contributed by atoms with Crippen molar-refractivity contribution >= 4 is 16.5 Å². The molecule has 166 valence electrons. The molecule has 4 aromatic rings. The maximum absolute atomic E-state index is 5.99. The fraction of sp³-hybridized carbons (Fsp3) is 0.296. The van der Waals surface area contributed by atoms with E-state index in [1.54, 1.807) is 6.20 Å². The second-order valence-corrected chi connectivity index (χ2v) is 10.2. The van der Waals surface area contributed by atoms with Crippen molar-refractivity contribution in [1.29, 1.82) is 0 Å². The minimum atomic E-state index is 0.0706. The Morgan fingerprint density at radius 1 is 0.939 bits per heavy atom. The zero-order valence-electron chi connectivity index (χ0n) is 18.4. The molecule has 0 radical (unpaired) electrons. The first-order chi connectivity index (χ1) is 16.2. The van der Waals surface area contributed by atoms with E-state index >= 15 is 0 Å². The molecule has 2 fully saturated rings. The van der Waals surface area contributed by atoms with Crippen LogP contribution < -0.4 is 10.5 Å². The average molecular weight is 455 g/mol. The predicted octanol–water partition coefficient (Wildman–Crippen LogP) is 5.87. The fourth-order valence-electron chi connectivity index (χ4n) is 5.95. The lowest BCUT2D eigenvalue weighted by Crippen LogP contribution is -2.33. The number of nitrogen functional groups attached to an aromatic ring is 1. The molecule has 2 aromatic carbocycles. The summed E-state index contributed by atoms with van der Waals surface area (Å²) >= 11 is 1.43. The number of nitrogens with two attached hydrogens (primary N) is 1. The zero-order valence-corrected chi connectivity index (χ0v) is 19.2. The van der Waals surface area contributed by atoms with E-state index in [9.17, 15) is 0 Å². The number of hydrogen-bond donors (Lipinski definition) is 1. The second kappa shape index (κ2) is 8.27. The summed E-state index contributed by atoms with van der Waals surface area (Å²) in [6, 6.07) is 23.6. The maximum Gasteiger partial charge on any atom is 0.203 e. The Balaban J connectivity index is 1.29. The summed E-state index contributed by atoms with van der Waals surface area (Å²) in [5.74, 6) is 2.38. The minimum absolute atomic E-state index is 0.0706. The number of nitrogens with zero attached hydrogens (tertiary/aromatic N) is 3. The lowest BCUT2D eigenvalue weighted by atomic mass is 9.64. The van der Waals surface area contributed by atoms with E-state index < -0.39 is 0 Å². The third-order valence-corrected chi connectivity index (χ3v) is 8.22. The molecule has 2 aromatic heterocycles. The van der Waals surface area contributed by atoms with Gasteiger partial charge in [-0.15, -0.1) is 10.2 Å². The number of aromatic nitrogens is 3. The number of pyridine rings is 1. The lowest BCUT2D eigenvalue weighted by Gasteiger charge is -2.39. The van der Waals surface area contributed by atoms with Crippen LogP contribution in [-0.4, -0.2) is 15.2 Å². The van der Waals surface area contributed by atoms with Crippen LogP contribution in [0.15, 0.2) is 72.9 Å². The average Bonchev–Trinajstić information content (AvgIpc) is 3.61. The van der Waals surface area contributed by atoms with Crippen LogP contribution in [0.2, 0.25) is 0 Å². The Morgan fingerprint density at radius 3 is 2.33 bits per heavy atom. The highest BCUT2D eigenvalue weighted by Gasteiger charge is 2.52. The predicted molar refractivity (Wildman–Crippen MR) is 131 cm³/mol. The van der Waals surface area contributed by atoms with E-state index in [4.69, 9.17) is 10.5 Å². The Labute approximate surface area is 197 Å². The van der Waals surface area contributed by atoms with Crippen LogP contribution in [0.3, 0.4) is 0 Å². The van der Waals surface area contributed by atoms with Gasteiger partial charge in [-0.2, -0.15) is 0 Å². The van der Waals surface area contributed by atoms with Gasteiger partial charge >= 0.3 is 0 Å². The van der Waals surface area contributed by atoms with Crippen molar-refractivity contribution in [2.24, 2.45) is 11.8 Å². The van der Waals surface area contributed by atoms with Gasteiger partial charge in [0.05, 0.1) is 5.69 Å². The molecule has 2 aliphatic rings. The summed E-state index contributed by atoms with van der Waals surface area (Å²) in [6.45, 7) is 0.480. The van der Waals surface area contributed by atoms with Crippen molar-refractivity contribution in [1.82, 2.24) is 15.2 Å². The van der Waals surface area contributed by atoms with E-state index in [0.29, 0.717) is 17.7 Å². The quantitative estimate of drug-likeness (QED) is 0.394. The molecule has 6 rings (SSSR count). The molecule has 0 spiro atoms. The summed E-state index contributed by atoms with van der Waals surface area (Å²) < 4.78 is 5.99. The molecule has 2 saturated carbocycles. The maximum atomic E-state index is 5.99. The van der Waals surface area contributed by atoms with E-state index in [-0.39, 0.29) is 5.41 Å². The number of rotatable bonds is 6. The molecule has 2 aliphatic carbocycles.